The number of nitrogens with one attached hydrogen (secondary N) is 2. The van der Waals surface area contributed by atoms with Crippen LogP contribution >= 0.6 is 24.0 Å². The highest BCUT2D eigenvalue weighted by molar-refractivity contribution is 14.0. The molecule has 160 valence electrons. The predicted octanol–water partition coefficient (Wildman–Crippen LogP) is 5.27. The molecule has 1 heterocycles. The Balaban J connectivity index is 0.00000320. The van der Waals surface area contributed by atoms with Gasteiger partial charge in [-0.25, -0.2) is 9.38 Å². The van der Waals surface area contributed by atoms with Crippen molar-refractivity contribution in [1.29, 1.82) is 0 Å². The molecule has 0 amide bonds. The summed E-state index contributed by atoms with van der Waals surface area (Å²) in [6.07, 6.45) is -2.94. The first-order valence-corrected chi connectivity index (χ1v) is 9.09. The number of benzene rings is 2. The quantitative estimate of drug-likeness (QED) is 0.204. The Kier molecular flexibility index (Phi) is 8.39. The molecule has 2 N–H and O–H groups in total. The third-order valence-electron chi connectivity index (χ3n) is 4.31. The first-order valence-electron chi connectivity index (χ1n) is 9.09. The smallest absolute Gasteiger partial charge is 0.357 e. The first-order chi connectivity index (χ1) is 13.9. The second kappa shape index (κ2) is 10.6. The van der Waals surface area contributed by atoms with Crippen LogP contribution in [0.3, 0.4) is 0 Å². The van der Waals surface area contributed by atoms with Crippen molar-refractivity contribution in [2.24, 2.45) is 4.99 Å². The van der Waals surface area contributed by atoms with E-state index in [4.69, 9.17) is 0 Å². The van der Waals surface area contributed by atoms with Crippen molar-refractivity contribution in [2.45, 2.75) is 26.2 Å². The fourth-order valence-electron chi connectivity index (χ4n) is 2.95. The summed E-state index contributed by atoms with van der Waals surface area (Å²) < 4.78 is 52.8. The largest absolute Gasteiger partial charge is 0.416 e. The number of hydrogen-bond donors (Lipinski definition) is 2. The van der Waals surface area contributed by atoms with Crippen molar-refractivity contribution in [2.75, 3.05) is 6.54 Å². The Morgan fingerprint density at radius 3 is 2.57 bits per heavy atom. The molecule has 3 aromatic rings. The van der Waals surface area contributed by atoms with E-state index in [-0.39, 0.29) is 36.1 Å². The van der Waals surface area contributed by atoms with E-state index >= 15 is 0 Å². The van der Waals surface area contributed by atoms with Gasteiger partial charge in [-0.1, -0.05) is 30.3 Å². The average molecular weight is 532 g/mol. The molecular formula is C21H21F4IN4. The van der Waals surface area contributed by atoms with Crippen LogP contribution in [0.2, 0.25) is 0 Å². The number of aromatic nitrogens is 1. The number of halogens is 5. The second-order valence-corrected chi connectivity index (χ2v) is 6.33. The lowest BCUT2D eigenvalue weighted by molar-refractivity contribution is -0.138. The van der Waals surface area contributed by atoms with Crippen LogP contribution in [0.25, 0.3) is 10.8 Å². The van der Waals surface area contributed by atoms with Crippen molar-refractivity contribution < 1.29 is 17.6 Å². The molecule has 0 atom stereocenters. The second-order valence-electron chi connectivity index (χ2n) is 6.33. The Bertz CT molecular complexity index is 1020. The maximum Gasteiger partial charge on any atom is 0.416 e. The SMILES string of the molecule is CCNC(=NCc1ccc(F)cc1C(F)(F)F)NCc1nccc2ccccc12.I. The predicted molar refractivity (Wildman–Crippen MR) is 120 cm³/mol. The van der Waals surface area contributed by atoms with Gasteiger partial charge in [0.25, 0.3) is 0 Å². The molecule has 3 rings (SSSR count). The Morgan fingerprint density at radius 1 is 1.07 bits per heavy atom. The number of alkyl halides is 3. The van der Waals surface area contributed by atoms with Gasteiger partial charge in [-0.3, -0.25) is 4.98 Å². The van der Waals surface area contributed by atoms with Crippen molar-refractivity contribution in [3.63, 3.8) is 0 Å². The van der Waals surface area contributed by atoms with Gasteiger partial charge in [0.1, 0.15) is 5.82 Å². The topological polar surface area (TPSA) is 49.3 Å². The molecule has 0 fully saturated rings. The van der Waals surface area contributed by atoms with Gasteiger partial charge in [0.05, 0.1) is 24.3 Å². The van der Waals surface area contributed by atoms with E-state index in [1.165, 1.54) is 0 Å². The lowest BCUT2D eigenvalue weighted by Crippen LogP contribution is -2.37. The minimum Gasteiger partial charge on any atom is -0.357 e. The third-order valence-corrected chi connectivity index (χ3v) is 4.31. The van der Waals surface area contributed by atoms with Crippen LogP contribution in [0.4, 0.5) is 17.6 Å². The zero-order valence-electron chi connectivity index (χ0n) is 16.1. The molecule has 2 aromatic carbocycles. The lowest BCUT2D eigenvalue weighted by atomic mass is 10.1. The van der Waals surface area contributed by atoms with Crippen LogP contribution in [0, 0.1) is 5.82 Å². The number of fused-ring (bicyclic) bond motifs is 1. The zero-order valence-corrected chi connectivity index (χ0v) is 18.5. The summed E-state index contributed by atoms with van der Waals surface area (Å²) in [6, 6.07) is 12.3. The van der Waals surface area contributed by atoms with Gasteiger partial charge in [-0.05, 0) is 36.1 Å². The molecule has 0 spiro atoms. The molecule has 4 nitrogen and oxygen atoms in total. The van der Waals surface area contributed by atoms with E-state index in [0.717, 1.165) is 28.6 Å². The highest BCUT2D eigenvalue weighted by Gasteiger charge is 2.33. The first kappa shape index (κ1) is 23.8. The van der Waals surface area contributed by atoms with Crippen LogP contribution in [0.5, 0.6) is 0 Å². The summed E-state index contributed by atoms with van der Waals surface area (Å²) in [5.41, 5.74) is -0.321. The van der Waals surface area contributed by atoms with Gasteiger partial charge in [-0.15, -0.1) is 24.0 Å². The lowest BCUT2D eigenvalue weighted by Gasteiger charge is -2.14. The van der Waals surface area contributed by atoms with E-state index in [1.807, 2.05) is 37.3 Å². The molecule has 30 heavy (non-hydrogen) atoms. The molecule has 1 aromatic heterocycles. The van der Waals surface area contributed by atoms with Crippen molar-refractivity contribution in [3.05, 3.63) is 77.4 Å². The van der Waals surface area contributed by atoms with Crippen molar-refractivity contribution >= 4 is 40.7 Å². The maximum absolute atomic E-state index is 13.3. The molecule has 0 saturated carbocycles. The summed E-state index contributed by atoms with van der Waals surface area (Å²) in [6.45, 7) is 2.49. The highest BCUT2D eigenvalue weighted by atomic mass is 127. The number of nitrogens with zero attached hydrogens (tertiary/aromatic N) is 2. The summed E-state index contributed by atoms with van der Waals surface area (Å²) in [4.78, 5) is 8.60. The summed E-state index contributed by atoms with van der Waals surface area (Å²) in [7, 11) is 0. The summed E-state index contributed by atoms with van der Waals surface area (Å²) in [5, 5.41) is 8.11. The van der Waals surface area contributed by atoms with Crippen molar-refractivity contribution in [1.82, 2.24) is 15.6 Å². The minimum absolute atomic E-state index is 0. The van der Waals surface area contributed by atoms with E-state index in [2.05, 4.69) is 20.6 Å². The van der Waals surface area contributed by atoms with Gasteiger partial charge >= 0.3 is 6.18 Å². The molecule has 0 saturated heterocycles. The Hall–Kier alpha value is -2.43. The fourth-order valence-corrected chi connectivity index (χ4v) is 2.95. The van der Waals surface area contributed by atoms with Crippen LogP contribution in [-0.2, 0) is 19.3 Å². The van der Waals surface area contributed by atoms with Gasteiger partial charge in [0, 0.05) is 18.1 Å². The number of rotatable bonds is 5. The molecular weight excluding hydrogens is 511 g/mol. The molecule has 0 aliphatic carbocycles. The van der Waals surface area contributed by atoms with Gasteiger partial charge in [0.2, 0.25) is 0 Å². The van der Waals surface area contributed by atoms with Crippen LogP contribution in [0.15, 0.2) is 59.7 Å². The Morgan fingerprint density at radius 2 is 1.83 bits per heavy atom. The molecule has 9 heteroatoms. The fraction of sp³-hybridized carbons (Fsp3) is 0.238. The number of aliphatic imine (C=N–C) groups is 1. The van der Waals surface area contributed by atoms with E-state index in [1.54, 1.807) is 6.20 Å². The molecule has 0 aliphatic rings. The highest BCUT2D eigenvalue weighted by Crippen LogP contribution is 2.32. The van der Waals surface area contributed by atoms with E-state index < -0.39 is 17.6 Å². The molecule has 0 aliphatic heterocycles. The molecule has 0 radical (unpaired) electrons. The molecule has 0 bridgehead atoms. The van der Waals surface area contributed by atoms with Gasteiger partial charge in [0.15, 0.2) is 5.96 Å². The van der Waals surface area contributed by atoms with Gasteiger partial charge in [-0.2, -0.15) is 13.2 Å². The average Bonchev–Trinajstić information content (AvgIpc) is 2.70. The van der Waals surface area contributed by atoms with E-state index in [9.17, 15) is 17.6 Å². The number of pyridine rings is 1. The maximum atomic E-state index is 13.3. The third kappa shape index (κ3) is 6.04. The number of guanidine groups is 1. The zero-order chi connectivity index (χ0) is 20.9. The van der Waals surface area contributed by atoms with Crippen molar-refractivity contribution in [3.8, 4) is 0 Å². The Labute approximate surface area is 188 Å². The van der Waals surface area contributed by atoms with Crippen LogP contribution in [-0.4, -0.2) is 17.5 Å². The van der Waals surface area contributed by atoms with Crippen LogP contribution in [0.1, 0.15) is 23.7 Å². The minimum atomic E-state index is -4.65. The summed E-state index contributed by atoms with van der Waals surface area (Å²) >= 11 is 0. The molecule has 0 unspecified atom stereocenters. The van der Waals surface area contributed by atoms with Crippen LogP contribution < -0.4 is 10.6 Å². The monoisotopic (exact) mass is 532 g/mol. The summed E-state index contributed by atoms with van der Waals surface area (Å²) in [5.74, 6) is -0.586. The normalized spacial score (nSPS) is 11.8. The number of hydrogen-bond acceptors (Lipinski definition) is 2. The van der Waals surface area contributed by atoms with Gasteiger partial charge < -0.3 is 10.6 Å². The van der Waals surface area contributed by atoms with E-state index in [0.29, 0.717) is 25.1 Å². The standard InChI is InChI=1S/C21H20F4N4.HI/c1-2-26-20(28-12-15-7-8-16(22)11-18(15)21(23,24)25)29-13-19-17-6-4-3-5-14(17)9-10-27-19;/h3-11H,2,12-13H2,1H3,(H2,26,28,29);1H.